The highest BCUT2D eigenvalue weighted by atomic mass is 19.2. The Morgan fingerprint density at radius 2 is 1.57 bits per heavy atom. The van der Waals surface area contributed by atoms with Gasteiger partial charge in [0.25, 0.3) is 11.9 Å². The Morgan fingerprint density at radius 1 is 1.00 bits per heavy atom. The second-order valence-corrected chi connectivity index (χ2v) is 6.54. The Hall–Kier alpha value is -1.37. The van der Waals surface area contributed by atoms with Crippen molar-refractivity contribution in [1.82, 2.24) is 9.88 Å². The summed E-state index contributed by atoms with van der Waals surface area (Å²) in [4.78, 5) is 4.92. The number of pyridine rings is 1. The molecule has 1 N–H and O–H groups in total. The molecule has 0 aromatic carbocycles. The Morgan fingerprint density at radius 3 is 2.13 bits per heavy atom. The molecule has 1 aromatic rings. The topological polar surface area (TPSA) is 28.2 Å². The standard InChI is InChI=1S/C16H23F4N3/c1-10-7-11(2)9-23(8-10)6-4-3-5-21-14-12(17)15(19)22-16(20)13(14)18/h10-11H,3-9H2,1-2H3,(H,21,22). The Kier molecular flexibility index (Phi) is 6.21. The molecule has 1 fully saturated rings. The number of anilines is 1. The van der Waals surface area contributed by atoms with Crippen molar-refractivity contribution in [3.05, 3.63) is 23.5 Å². The number of hydrogen-bond acceptors (Lipinski definition) is 3. The molecule has 1 aliphatic heterocycles. The van der Waals surface area contributed by atoms with Gasteiger partial charge in [0.1, 0.15) is 5.69 Å². The van der Waals surface area contributed by atoms with Crippen LogP contribution in [0.2, 0.25) is 0 Å². The Labute approximate surface area is 134 Å². The molecule has 1 aliphatic rings. The predicted octanol–water partition coefficient (Wildman–Crippen LogP) is 3.81. The lowest BCUT2D eigenvalue weighted by atomic mass is 9.92. The lowest BCUT2D eigenvalue weighted by Gasteiger charge is -2.34. The first-order valence-electron chi connectivity index (χ1n) is 8.04. The van der Waals surface area contributed by atoms with Crippen molar-refractivity contribution in [2.24, 2.45) is 11.8 Å². The maximum atomic E-state index is 13.4. The van der Waals surface area contributed by atoms with Crippen LogP contribution in [0.15, 0.2) is 0 Å². The van der Waals surface area contributed by atoms with E-state index in [2.05, 4.69) is 29.0 Å². The molecule has 3 nitrogen and oxygen atoms in total. The van der Waals surface area contributed by atoms with Gasteiger partial charge >= 0.3 is 0 Å². The van der Waals surface area contributed by atoms with Crippen LogP contribution in [0.4, 0.5) is 23.2 Å². The molecule has 0 bridgehead atoms. The number of aromatic nitrogens is 1. The molecule has 1 aromatic heterocycles. The minimum Gasteiger partial charge on any atom is -0.380 e. The normalized spacial score (nSPS) is 22.3. The van der Waals surface area contributed by atoms with Crippen molar-refractivity contribution in [1.29, 1.82) is 0 Å². The molecule has 0 aliphatic carbocycles. The number of likely N-dealkylation sites (tertiary alicyclic amines) is 1. The number of piperidine rings is 1. The average molecular weight is 333 g/mol. The summed E-state index contributed by atoms with van der Waals surface area (Å²) in [5.41, 5.74) is -0.782. The maximum absolute atomic E-state index is 13.4. The Balaban J connectivity index is 1.76. The number of halogens is 4. The fourth-order valence-corrected chi connectivity index (χ4v) is 3.29. The van der Waals surface area contributed by atoms with E-state index in [-0.39, 0.29) is 6.54 Å². The molecular weight excluding hydrogens is 310 g/mol. The van der Waals surface area contributed by atoms with E-state index in [4.69, 9.17) is 0 Å². The lowest BCUT2D eigenvalue weighted by molar-refractivity contribution is 0.139. The third-order valence-electron chi connectivity index (χ3n) is 4.14. The van der Waals surface area contributed by atoms with Crippen LogP contribution in [0.25, 0.3) is 0 Å². The highest BCUT2D eigenvalue weighted by Gasteiger charge is 2.22. The average Bonchev–Trinajstić information content (AvgIpc) is 2.47. The highest BCUT2D eigenvalue weighted by molar-refractivity contribution is 5.45. The summed E-state index contributed by atoms with van der Waals surface area (Å²) in [5, 5.41) is 2.43. The number of nitrogens with one attached hydrogen (secondary N) is 1. The van der Waals surface area contributed by atoms with E-state index in [9.17, 15) is 17.6 Å². The van der Waals surface area contributed by atoms with Crippen LogP contribution in [-0.2, 0) is 0 Å². The number of unbranched alkanes of at least 4 members (excludes halogenated alkanes) is 1. The number of nitrogens with zero attached hydrogens (tertiary/aromatic N) is 2. The van der Waals surface area contributed by atoms with E-state index in [0.717, 1.165) is 26.1 Å². The van der Waals surface area contributed by atoms with Crippen LogP contribution < -0.4 is 5.32 Å². The molecule has 0 saturated carbocycles. The molecule has 2 atom stereocenters. The zero-order valence-electron chi connectivity index (χ0n) is 13.5. The molecule has 2 unspecified atom stereocenters. The van der Waals surface area contributed by atoms with E-state index in [1.807, 2.05) is 0 Å². The van der Waals surface area contributed by atoms with Crippen LogP contribution in [0, 0.1) is 35.4 Å². The van der Waals surface area contributed by atoms with E-state index < -0.39 is 29.2 Å². The maximum Gasteiger partial charge on any atom is 0.253 e. The van der Waals surface area contributed by atoms with Gasteiger partial charge in [-0.3, -0.25) is 0 Å². The van der Waals surface area contributed by atoms with Gasteiger partial charge in [-0.1, -0.05) is 13.8 Å². The molecule has 0 amide bonds. The first kappa shape index (κ1) is 18.0. The van der Waals surface area contributed by atoms with Gasteiger partial charge in [0.05, 0.1) is 0 Å². The monoisotopic (exact) mass is 333 g/mol. The molecule has 7 heteroatoms. The van der Waals surface area contributed by atoms with Gasteiger partial charge in [0.15, 0.2) is 0 Å². The molecule has 2 rings (SSSR count). The van der Waals surface area contributed by atoms with Crippen LogP contribution in [0.3, 0.4) is 0 Å². The van der Waals surface area contributed by atoms with Gasteiger partial charge in [0.2, 0.25) is 11.6 Å². The van der Waals surface area contributed by atoms with E-state index in [1.54, 1.807) is 0 Å². The molecule has 0 spiro atoms. The van der Waals surface area contributed by atoms with Crippen LogP contribution in [0.1, 0.15) is 33.1 Å². The summed E-state index contributed by atoms with van der Waals surface area (Å²) in [5.74, 6) is -4.87. The number of hydrogen-bond donors (Lipinski definition) is 1. The molecule has 0 radical (unpaired) electrons. The van der Waals surface area contributed by atoms with Crippen molar-refractivity contribution >= 4 is 5.69 Å². The number of rotatable bonds is 6. The first-order valence-corrected chi connectivity index (χ1v) is 8.04. The molecule has 1 saturated heterocycles. The summed E-state index contributed by atoms with van der Waals surface area (Å²) in [6.07, 6.45) is 2.76. The molecule has 130 valence electrons. The van der Waals surface area contributed by atoms with Crippen LogP contribution >= 0.6 is 0 Å². The first-order chi connectivity index (χ1) is 10.9. The van der Waals surface area contributed by atoms with Crippen molar-refractivity contribution in [3.63, 3.8) is 0 Å². The summed E-state index contributed by atoms with van der Waals surface area (Å²) in [6, 6.07) is 0. The summed E-state index contributed by atoms with van der Waals surface area (Å²) in [7, 11) is 0. The SMILES string of the molecule is CC1CC(C)CN(CCCCNc2c(F)c(F)nc(F)c2F)C1. The summed E-state index contributed by atoms with van der Waals surface area (Å²) >= 11 is 0. The van der Waals surface area contributed by atoms with Gasteiger partial charge in [-0.15, -0.1) is 0 Å². The quantitative estimate of drug-likeness (QED) is 0.487. The summed E-state index contributed by atoms with van der Waals surface area (Å²) in [6.45, 7) is 7.78. The predicted molar refractivity (Wildman–Crippen MR) is 81.2 cm³/mol. The minimum atomic E-state index is -1.64. The highest BCUT2D eigenvalue weighted by Crippen LogP contribution is 2.23. The van der Waals surface area contributed by atoms with Crippen LogP contribution in [-0.4, -0.2) is 36.1 Å². The second kappa shape index (κ2) is 7.95. The van der Waals surface area contributed by atoms with Crippen molar-refractivity contribution in [2.75, 3.05) is 31.5 Å². The van der Waals surface area contributed by atoms with Gasteiger partial charge < -0.3 is 10.2 Å². The summed E-state index contributed by atoms with van der Waals surface area (Å²) < 4.78 is 52.8. The zero-order chi connectivity index (χ0) is 17.0. The van der Waals surface area contributed by atoms with Gasteiger partial charge in [-0.25, -0.2) is 0 Å². The molecular formula is C16H23F4N3. The fraction of sp³-hybridized carbons (Fsp3) is 0.688. The molecule has 23 heavy (non-hydrogen) atoms. The third kappa shape index (κ3) is 4.80. The second-order valence-electron chi connectivity index (χ2n) is 6.54. The lowest BCUT2D eigenvalue weighted by Crippen LogP contribution is -2.39. The van der Waals surface area contributed by atoms with Crippen molar-refractivity contribution in [2.45, 2.75) is 33.1 Å². The van der Waals surface area contributed by atoms with Gasteiger partial charge in [-0.2, -0.15) is 22.5 Å². The fourth-order valence-electron chi connectivity index (χ4n) is 3.29. The zero-order valence-corrected chi connectivity index (χ0v) is 13.5. The van der Waals surface area contributed by atoms with Crippen molar-refractivity contribution < 1.29 is 17.6 Å². The van der Waals surface area contributed by atoms with Crippen LogP contribution in [0.5, 0.6) is 0 Å². The largest absolute Gasteiger partial charge is 0.380 e. The Bertz CT molecular complexity index is 502. The van der Waals surface area contributed by atoms with E-state index in [0.29, 0.717) is 18.3 Å². The van der Waals surface area contributed by atoms with E-state index >= 15 is 0 Å². The minimum absolute atomic E-state index is 0.246. The van der Waals surface area contributed by atoms with Crippen molar-refractivity contribution in [3.8, 4) is 0 Å². The third-order valence-corrected chi connectivity index (χ3v) is 4.14. The molecule has 2 heterocycles. The van der Waals surface area contributed by atoms with Gasteiger partial charge in [-0.05, 0) is 37.6 Å². The smallest absolute Gasteiger partial charge is 0.253 e. The van der Waals surface area contributed by atoms with E-state index in [1.165, 1.54) is 6.42 Å². The van der Waals surface area contributed by atoms with Gasteiger partial charge in [0, 0.05) is 19.6 Å².